The third-order valence-corrected chi connectivity index (χ3v) is 3.03. The van der Waals surface area contributed by atoms with Crippen molar-refractivity contribution in [1.29, 1.82) is 0 Å². The lowest BCUT2D eigenvalue weighted by Gasteiger charge is -2.15. The number of aryl methyl sites for hydroxylation is 1. The monoisotopic (exact) mass is 267 g/mol. The van der Waals surface area contributed by atoms with Crippen LogP contribution in [0.25, 0.3) is 0 Å². The Labute approximate surface area is 117 Å². The standard InChI is InChI=1S/C15H29N3O/c1-13(2)12-14(3)19-11-5-8-16-7-4-6-15-17-9-10-18-15/h9-10,13-14,16H,4-8,11-12H2,1-3H3,(H,17,18). The summed E-state index contributed by atoms with van der Waals surface area (Å²) in [6.07, 6.45) is 8.44. The number of imidazole rings is 1. The van der Waals surface area contributed by atoms with Gasteiger partial charge in [0.25, 0.3) is 0 Å². The van der Waals surface area contributed by atoms with E-state index in [0.717, 1.165) is 57.1 Å². The lowest BCUT2D eigenvalue weighted by atomic mass is 10.1. The first-order valence-electron chi connectivity index (χ1n) is 7.49. The van der Waals surface area contributed by atoms with Crippen LogP contribution in [-0.4, -0.2) is 35.8 Å². The summed E-state index contributed by atoms with van der Waals surface area (Å²) in [5.74, 6) is 1.79. The Morgan fingerprint density at radius 3 is 2.74 bits per heavy atom. The zero-order valence-electron chi connectivity index (χ0n) is 12.6. The number of aromatic amines is 1. The minimum atomic E-state index is 0.388. The second kappa shape index (κ2) is 9.98. The molecule has 1 rings (SSSR count). The fourth-order valence-electron chi connectivity index (χ4n) is 2.15. The third-order valence-electron chi connectivity index (χ3n) is 3.03. The molecule has 4 nitrogen and oxygen atoms in total. The van der Waals surface area contributed by atoms with Gasteiger partial charge in [-0.1, -0.05) is 13.8 Å². The molecule has 0 aliphatic carbocycles. The van der Waals surface area contributed by atoms with Crippen LogP contribution in [0.4, 0.5) is 0 Å². The zero-order chi connectivity index (χ0) is 13.9. The Bertz CT molecular complexity index is 298. The van der Waals surface area contributed by atoms with Gasteiger partial charge in [0.2, 0.25) is 0 Å². The SMILES string of the molecule is CC(C)CC(C)OCCCNCCCc1ncc[nH]1. The van der Waals surface area contributed by atoms with Crippen LogP contribution >= 0.6 is 0 Å². The van der Waals surface area contributed by atoms with Crippen LogP contribution in [-0.2, 0) is 11.2 Å². The Hall–Kier alpha value is -0.870. The number of H-pyrrole nitrogens is 1. The largest absolute Gasteiger partial charge is 0.378 e. The molecule has 0 fully saturated rings. The van der Waals surface area contributed by atoms with E-state index in [9.17, 15) is 0 Å². The maximum Gasteiger partial charge on any atom is 0.106 e. The first-order chi connectivity index (χ1) is 9.18. The highest BCUT2D eigenvalue weighted by Gasteiger charge is 2.04. The van der Waals surface area contributed by atoms with Crippen LogP contribution in [0.3, 0.4) is 0 Å². The van der Waals surface area contributed by atoms with E-state index < -0.39 is 0 Å². The summed E-state index contributed by atoms with van der Waals surface area (Å²) in [7, 11) is 0. The number of nitrogens with zero attached hydrogens (tertiary/aromatic N) is 1. The highest BCUT2D eigenvalue weighted by Crippen LogP contribution is 2.07. The van der Waals surface area contributed by atoms with Crippen molar-refractivity contribution in [3.8, 4) is 0 Å². The molecule has 1 aromatic rings. The van der Waals surface area contributed by atoms with Crippen molar-refractivity contribution in [2.75, 3.05) is 19.7 Å². The third kappa shape index (κ3) is 8.78. The number of nitrogens with one attached hydrogen (secondary N) is 2. The van der Waals surface area contributed by atoms with Gasteiger partial charge in [-0.05, 0) is 45.2 Å². The van der Waals surface area contributed by atoms with E-state index in [1.54, 1.807) is 6.20 Å². The molecule has 19 heavy (non-hydrogen) atoms. The number of hydrogen-bond donors (Lipinski definition) is 2. The average molecular weight is 267 g/mol. The molecule has 1 atom stereocenters. The van der Waals surface area contributed by atoms with E-state index in [1.165, 1.54) is 0 Å². The number of aromatic nitrogens is 2. The highest BCUT2D eigenvalue weighted by molar-refractivity contribution is 4.86. The van der Waals surface area contributed by atoms with Gasteiger partial charge in [-0.15, -0.1) is 0 Å². The molecule has 0 aliphatic rings. The second-order valence-corrected chi connectivity index (χ2v) is 5.55. The zero-order valence-corrected chi connectivity index (χ0v) is 12.6. The average Bonchev–Trinajstić information content (AvgIpc) is 2.84. The number of hydrogen-bond acceptors (Lipinski definition) is 3. The molecule has 0 amide bonds. The lowest BCUT2D eigenvalue weighted by Crippen LogP contribution is -2.20. The van der Waals surface area contributed by atoms with Crippen LogP contribution < -0.4 is 5.32 Å². The van der Waals surface area contributed by atoms with Gasteiger partial charge in [-0.25, -0.2) is 4.98 Å². The van der Waals surface area contributed by atoms with Gasteiger partial charge in [0.1, 0.15) is 5.82 Å². The molecule has 0 aliphatic heterocycles. The summed E-state index contributed by atoms with van der Waals surface area (Å²) in [5, 5.41) is 3.44. The van der Waals surface area contributed by atoms with Gasteiger partial charge in [0.05, 0.1) is 6.10 Å². The molecule has 1 unspecified atom stereocenters. The van der Waals surface area contributed by atoms with Gasteiger partial charge < -0.3 is 15.0 Å². The molecule has 0 radical (unpaired) electrons. The summed E-state index contributed by atoms with van der Waals surface area (Å²) < 4.78 is 5.76. The van der Waals surface area contributed by atoms with E-state index in [1.807, 2.05) is 6.20 Å². The van der Waals surface area contributed by atoms with Crippen LogP contribution in [0, 0.1) is 5.92 Å². The van der Waals surface area contributed by atoms with Gasteiger partial charge in [0.15, 0.2) is 0 Å². The molecule has 4 heteroatoms. The van der Waals surface area contributed by atoms with Crippen LogP contribution in [0.15, 0.2) is 12.4 Å². The molecule has 1 aromatic heterocycles. The number of ether oxygens (including phenoxy) is 1. The quantitative estimate of drug-likeness (QED) is 0.606. The molecule has 110 valence electrons. The summed E-state index contributed by atoms with van der Waals surface area (Å²) >= 11 is 0. The van der Waals surface area contributed by atoms with E-state index in [2.05, 4.69) is 36.1 Å². The first-order valence-corrected chi connectivity index (χ1v) is 7.49. The fraction of sp³-hybridized carbons (Fsp3) is 0.800. The van der Waals surface area contributed by atoms with Crippen LogP contribution in [0.2, 0.25) is 0 Å². The maximum absolute atomic E-state index is 5.76. The predicted molar refractivity (Wildman–Crippen MR) is 79.3 cm³/mol. The summed E-state index contributed by atoms with van der Waals surface area (Å²) in [4.78, 5) is 7.32. The van der Waals surface area contributed by atoms with E-state index >= 15 is 0 Å². The number of rotatable bonds is 11. The van der Waals surface area contributed by atoms with Gasteiger partial charge in [-0.2, -0.15) is 0 Å². The van der Waals surface area contributed by atoms with Crippen molar-refractivity contribution in [3.63, 3.8) is 0 Å². The van der Waals surface area contributed by atoms with E-state index in [0.29, 0.717) is 6.10 Å². The van der Waals surface area contributed by atoms with Gasteiger partial charge in [-0.3, -0.25) is 0 Å². The molecular formula is C15H29N3O. The van der Waals surface area contributed by atoms with Crippen LogP contribution in [0.1, 0.15) is 45.9 Å². The molecule has 2 N–H and O–H groups in total. The van der Waals surface area contributed by atoms with E-state index in [4.69, 9.17) is 4.74 Å². The second-order valence-electron chi connectivity index (χ2n) is 5.55. The lowest BCUT2D eigenvalue weighted by molar-refractivity contribution is 0.0506. The van der Waals surface area contributed by atoms with Crippen molar-refractivity contribution in [2.24, 2.45) is 5.92 Å². The van der Waals surface area contributed by atoms with Crippen molar-refractivity contribution in [2.45, 2.75) is 52.6 Å². The topological polar surface area (TPSA) is 49.9 Å². The normalized spacial score (nSPS) is 13.1. The van der Waals surface area contributed by atoms with Crippen LogP contribution in [0.5, 0.6) is 0 Å². The molecule has 0 aromatic carbocycles. The van der Waals surface area contributed by atoms with Crippen molar-refractivity contribution in [1.82, 2.24) is 15.3 Å². The first kappa shape index (κ1) is 16.2. The molecular weight excluding hydrogens is 238 g/mol. The van der Waals surface area contributed by atoms with Crippen molar-refractivity contribution in [3.05, 3.63) is 18.2 Å². The Balaban J connectivity index is 1.83. The fourth-order valence-corrected chi connectivity index (χ4v) is 2.15. The molecule has 0 saturated carbocycles. The molecule has 0 bridgehead atoms. The maximum atomic E-state index is 5.76. The van der Waals surface area contributed by atoms with E-state index in [-0.39, 0.29) is 0 Å². The molecule has 1 heterocycles. The minimum absolute atomic E-state index is 0.388. The summed E-state index contributed by atoms with van der Waals surface area (Å²) in [5.41, 5.74) is 0. The highest BCUT2D eigenvalue weighted by atomic mass is 16.5. The van der Waals surface area contributed by atoms with Gasteiger partial charge in [0, 0.05) is 25.4 Å². The molecule has 0 spiro atoms. The van der Waals surface area contributed by atoms with Crippen molar-refractivity contribution < 1.29 is 4.74 Å². The predicted octanol–water partition coefficient (Wildman–Crippen LogP) is 2.77. The van der Waals surface area contributed by atoms with Crippen molar-refractivity contribution >= 4 is 0 Å². The Morgan fingerprint density at radius 2 is 2.05 bits per heavy atom. The Kier molecular flexibility index (Phi) is 8.50. The smallest absolute Gasteiger partial charge is 0.106 e. The minimum Gasteiger partial charge on any atom is -0.378 e. The summed E-state index contributed by atoms with van der Waals surface area (Å²) in [6, 6.07) is 0. The summed E-state index contributed by atoms with van der Waals surface area (Å²) in [6.45, 7) is 9.57. The van der Waals surface area contributed by atoms with Gasteiger partial charge >= 0.3 is 0 Å². The molecule has 0 saturated heterocycles. The Morgan fingerprint density at radius 1 is 1.26 bits per heavy atom.